The summed E-state index contributed by atoms with van der Waals surface area (Å²) >= 11 is 1.20. The smallest absolute Gasteiger partial charge is 0.424 e. The van der Waals surface area contributed by atoms with Crippen LogP contribution in [0.25, 0.3) is 0 Å². The van der Waals surface area contributed by atoms with Crippen LogP contribution >= 0.6 is 11.3 Å². The van der Waals surface area contributed by atoms with Crippen molar-refractivity contribution in [1.82, 2.24) is 10.4 Å². The first-order valence-electron chi connectivity index (χ1n) is 6.63. The van der Waals surface area contributed by atoms with E-state index in [4.69, 9.17) is 4.74 Å². The third-order valence-corrected chi connectivity index (χ3v) is 4.37. The lowest BCUT2D eigenvalue weighted by atomic mass is 10.1. The standard InChI is InChI=1S/C14H18F2N2O2S/c1-4-14(15,16)12(11-6-5-7-21-11)17-18-10(9(2)3)8-20-13(18)19/h4-7,9-10,12,17H,1,8H2,2-3H3/t10-,12-/m1/s1. The van der Waals surface area contributed by atoms with Crippen molar-refractivity contribution in [3.8, 4) is 0 Å². The van der Waals surface area contributed by atoms with E-state index in [1.807, 2.05) is 13.8 Å². The molecule has 21 heavy (non-hydrogen) atoms. The molecular weight excluding hydrogens is 298 g/mol. The first-order chi connectivity index (χ1) is 9.86. The van der Waals surface area contributed by atoms with Gasteiger partial charge in [0.2, 0.25) is 0 Å². The second kappa shape index (κ2) is 6.11. The van der Waals surface area contributed by atoms with Crippen LogP contribution in [-0.2, 0) is 4.74 Å². The highest BCUT2D eigenvalue weighted by Crippen LogP contribution is 2.36. The number of cyclic esters (lactones) is 1. The molecule has 2 atom stereocenters. The van der Waals surface area contributed by atoms with Gasteiger partial charge in [-0.25, -0.2) is 15.2 Å². The van der Waals surface area contributed by atoms with Gasteiger partial charge in [0.1, 0.15) is 12.6 Å². The van der Waals surface area contributed by atoms with Crippen LogP contribution in [0, 0.1) is 5.92 Å². The van der Waals surface area contributed by atoms with Gasteiger partial charge >= 0.3 is 6.09 Å². The molecule has 2 heterocycles. The fourth-order valence-electron chi connectivity index (χ4n) is 2.13. The highest BCUT2D eigenvalue weighted by Gasteiger charge is 2.44. The molecule has 1 aromatic rings. The number of alkyl halides is 2. The summed E-state index contributed by atoms with van der Waals surface area (Å²) in [5.74, 6) is -3.10. The number of thiophene rings is 1. The number of hydrogen-bond donors (Lipinski definition) is 1. The molecule has 2 rings (SSSR count). The lowest BCUT2D eigenvalue weighted by Gasteiger charge is -2.32. The highest BCUT2D eigenvalue weighted by atomic mass is 32.1. The van der Waals surface area contributed by atoms with E-state index < -0.39 is 18.1 Å². The van der Waals surface area contributed by atoms with Crippen LogP contribution < -0.4 is 5.43 Å². The van der Waals surface area contributed by atoms with E-state index in [-0.39, 0.29) is 18.6 Å². The minimum Gasteiger partial charge on any atom is -0.446 e. The number of amides is 1. The molecule has 4 nitrogen and oxygen atoms in total. The number of halogens is 2. The second-order valence-electron chi connectivity index (χ2n) is 5.21. The highest BCUT2D eigenvalue weighted by molar-refractivity contribution is 7.10. The lowest BCUT2D eigenvalue weighted by molar-refractivity contribution is -0.0175. The summed E-state index contributed by atoms with van der Waals surface area (Å²) in [7, 11) is 0. The largest absolute Gasteiger partial charge is 0.446 e. The van der Waals surface area contributed by atoms with Gasteiger partial charge in [-0.3, -0.25) is 0 Å². The van der Waals surface area contributed by atoms with Gasteiger partial charge in [0.15, 0.2) is 0 Å². The van der Waals surface area contributed by atoms with Crippen LogP contribution in [0.3, 0.4) is 0 Å². The van der Waals surface area contributed by atoms with Crippen molar-refractivity contribution in [2.45, 2.75) is 31.9 Å². The fourth-order valence-corrected chi connectivity index (χ4v) is 2.94. The summed E-state index contributed by atoms with van der Waals surface area (Å²) in [6.45, 7) is 7.21. The van der Waals surface area contributed by atoms with E-state index in [1.165, 1.54) is 16.3 Å². The molecule has 0 saturated carbocycles. The molecular formula is C14H18F2N2O2S. The summed E-state index contributed by atoms with van der Waals surface area (Å²) in [6, 6.07) is 1.67. The minimum atomic E-state index is -3.19. The topological polar surface area (TPSA) is 41.6 Å². The number of carbonyl (C=O) groups is 1. The molecule has 1 amide bonds. The maximum Gasteiger partial charge on any atom is 0.424 e. The van der Waals surface area contributed by atoms with Crippen LogP contribution in [0.4, 0.5) is 13.6 Å². The van der Waals surface area contributed by atoms with Crippen LogP contribution in [0.1, 0.15) is 24.8 Å². The van der Waals surface area contributed by atoms with Gasteiger partial charge in [-0.1, -0.05) is 26.5 Å². The first-order valence-corrected chi connectivity index (χ1v) is 7.51. The van der Waals surface area contributed by atoms with Crippen molar-refractivity contribution in [2.24, 2.45) is 5.92 Å². The molecule has 0 unspecified atom stereocenters. The Kier molecular flexibility index (Phi) is 4.63. The molecule has 7 heteroatoms. The molecule has 1 saturated heterocycles. The average molecular weight is 316 g/mol. The van der Waals surface area contributed by atoms with Crippen molar-refractivity contribution in [3.05, 3.63) is 35.0 Å². The van der Waals surface area contributed by atoms with E-state index >= 15 is 0 Å². The number of nitrogens with one attached hydrogen (secondary N) is 1. The normalized spacial score (nSPS) is 20.7. The van der Waals surface area contributed by atoms with Gasteiger partial charge in [0, 0.05) is 4.88 Å². The van der Waals surface area contributed by atoms with Crippen molar-refractivity contribution in [3.63, 3.8) is 0 Å². The van der Waals surface area contributed by atoms with Crippen LogP contribution in [0.5, 0.6) is 0 Å². The van der Waals surface area contributed by atoms with Crippen molar-refractivity contribution in [1.29, 1.82) is 0 Å². The number of nitrogens with zero attached hydrogens (tertiary/aromatic N) is 1. The summed E-state index contributed by atoms with van der Waals surface area (Å²) < 4.78 is 33.2. The zero-order chi connectivity index (χ0) is 15.6. The maximum absolute atomic E-state index is 14.1. The zero-order valence-corrected chi connectivity index (χ0v) is 12.7. The van der Waals surface area contributed by atoms with Crippen LogP contribution in [0.15, 0.2) is 30.2 Å². The Morgan fingerprint density at radius 3 is 2.86 bits per heavy atom. The number of carbonyl (C=O) groups excluding carboxylic acids is 1. The number of rotatable bonds is 6. The number of ether oxygens (including phenoxy) is 1. The molecule has 0 spiro atoms. The van der Waals surface area contributed by atoms with Gasteiger partial charge in [-0.15, -0.1) is 11.3 Å². The Bertz CT molecular complexity index is 505. The Morgan fingerprint density at radius 2 is 2.33 bits per heavy atom. The van der Waals surface area contributed by atoms with Crippen LogP contribution in [0.2, 0.25) is 0 Å². The third kappa shape index (κ3) is 3.24. The summed E-state index contributed by atoms with van der Waals surface area (Å²) in [5.41, 5.74) is 2.64. The average Bonchev–Trinajstić information content (AvgIpc) is 3.05. The molecule has 0 aliphatic carbocycles. The molecule has 1 aliphatic heterocycles. The minimum absolute atomic E-state index is 0.0882. The second-order valence-corrected chi connectivity index (χ2v) is 6.19. The van der Waals surface area contributed by atoms with E-state index in [0.29, 0.717) is 11.0 Å². The Hall–Kier alpha value is -1.47. The third-order valence-electron chi connectivity index (χ3n) is 3.43. The maximum atomic E-state index is 14.1. The van der Waals surface area contributed by atoms with E-state index in [0.717, 1.165) is 0 Å². The summed E-state index contributed by atoms with van der Waals surface area (Å²) in [6.07, 6.45) is -0.0361. The van der Waals surface area contributed by atoms with E-state index in [2.05, 4.69) is 12.0 Å². The molecule has 0 radical (unpaired) electrons. The molecule has 1 aromatic heterocycles. The van der Waals surface area contributed by atoms with Crippen molar-refractivity contribution < 1.29 is 18.3 Å². The predicted octanol–water partition coefficient (Wildman–Crippen LogP) is 3.59. The number of hydrazine groups is 1. The molecule has 1 fully saturated rings. The Labute approximate surface area is 126 Å². The SMILES string of the molecule is C=CC(F)(F)[C@H](NN1C(=O)OC[C@@H]1C(C)C)c1cccs1. The zero-order valence-electron chi connectivity index (χ0n) is 11.9. The van der Waals surface area contributed by atoms with E-state index in [1.54, 1.807) is 17.5 Å². The fraction of sp³-hybridized carbons (Fsp3) is 0.500. The van der Waals surface area contributed by atoms with Gasteiger partial charge in [0.05, 0.1) is 6.04 Å². The Balaban J connectivity index is 2.26. The number of hydrogen-bond acceptors (Lipinski definition) is 4. The molecule has 1 N–H and O–H groups in total. The monoisotopic (exact) mass is 316 g/mol. The summed E-state index contributed by atoms with van der Waals surface area (Å²) in [5, 5.41) is 2.89. The quantitative estimate of drug-likeness (QED) is 0.816. The van der Waals surface area contributed by atoms with Gasteiger partial charge in [-0.2, -0.15) is 8.78 Å². The van der Waals surface area contributed by atoms with Crippen molar-refractivity contribution in [2.75, 3.05) is 6.61 Å². The first kappa shape index (κ1) is 15.9. The van der Waals surface area contributed by atoms with Crippen molar-refractivity contribution >= 4 is 17.4 Å². The molecule has 1 aliphatic rings. The molecule has 0 bridgehead atoms. The predicted molar refractivity (Wildman–Crippen MR) is 77.2 cm³/mol. The summed E-state index contributed by atoms with van der Waals surface area (Å²) in [4.78, 5) is 12.2. The van der Waals surface area contributed by atoms with Gasteiger partial charge in [-0.05, 0) is 23.4 Å². The van der Waals surface area contributed by atoms with E-state index in [9.17, 15) is 13.6 Å². The lowest BCUT2D eigenvalue weighted by Crippen LogP contribution is -2.51. The van der Waals surface area contributed by atoms with Gasteiger partial charge < -0.3 is 4.74 Å². The molecule has 0 aromatic carbocycles. The molecule has 116 valence electrons. The Morgan fingerprint density at radius 1 is 1.62 bits per heavy atom. The van der Waals surface area contributed by atoms with Gasteiger partial charge in [0.25, 0.3) is 5.92 Å². The van der Waals surface area contributed by atoms with Crippen LogP contribution in [-0.4, -0.2) is 29.7 Å².